The van der Waals surface area contributed by atoms with Crippen LogP contribution in [-0.4, -0.2) is 31.9 Å². The van der Waals surface area contributed by atoms with E-state index in [1.165, 1.54) is 11.3 Å². The van der Waals surface area contributed by atoms with Crippen LogP contribution in [0.25, 0.3) is 0 Å². The van der Waals surface area contributed by atoms with Gasteiger partial charge in [-0.05, 0) is 24.3 Å². The van der Waals surface area contributed by atoms with E-state index in [0.717, 1.165) is 19.3 Å². The average molecular weight is 297 g/mol. The maximum atomic E-state index is 12.3. The highest BCUT2D eigenvalue weighted by Crippen LogP contribution is 2.27. The van der Waals surface area contributed by atoms with Gasteiger partial charge >= 0.3 is 0 Å². The first-order valence-corrected chi connectivity index (χ1v) is 7.73. The van der Waals surface area contributed by atoms with Crippen molar-refractivity contribution in [2.45, 2.75) is 29.5 Å². The molecule has 0 amide bonds. The van der Waals surface area contributed by atoms with Crippen molar-refractivity contribution in [3.63, 3.8) is 0 Å². The topological polar surface area (TPSA) is 63.4 Å². The number of rotatable bonds is 3. The van der Waals surface area contributed by atoms with Crippen LogP contribution < -0.4 is 5.73 Å². The molecule has 2 heterocycles. The molecule has 0 aliphatic carbocycles. The summed E-state index contributed by atoms with van der Waals surface area (Å²) in [5.41, 5.74) is 5.64. The van der Waals surface area contributed by atoms with E-state index in [0.29, 0.717) is 17.3 Å². The van der Waals surface area contributed by atoms with Gasteiger partial charge in [0.15, 0.2) is 0 Å². The van der Waals surface area contributed by atoms with Gasteiger partial charge in [-0.25, -0.2) is 8.42 Å². The second kappa shape index (κ2) is 6.15. The van der Waals surface area contributed by atoms with Crippen LogP contribution in [-0.2, 0) is 10.0 Å². The molecular formula is C10H17ClN2O2S2. The fourth-order valence-corrected chi connectivity index (χ4v) is 4.88. The van der Waals surface area contributed by atoms with E-state index in [1.807, 2.05) is 0 Å². The zero-order valence-corrected chi connectivity index (χ0v) is 11.9. The van der Waals surface area contributed by atoms with Gasteiger partial charge in [0.1, 0.15) is 4.21 Å². The van der Waals surface area contributed by atoms with Crippen LogP contribution >= 0.6 is 23.7 Å². The van der Waals surface area contributed by atoms with Gasteiger partial charge in [-0.1, -0.05) is 12.5 Å². The third kappa shape index (κ3) is 3.00. The molecule has 17 heavy (non-hydrogen) atoms. The van der Waals surface area contributed by atoms with Crippen LogP contribution in [0.5, 0.6) is 0 Å². The normalized spacial score (nSPS) is 22.1. The van der Waals surface area contributed by atoms with E-state index < -0.39 is 10.0 Å². The monoisotopic (exact) mass is 296 g/mol. The number of hydrogen-bond donors (Lipinski definition) is 1. The molecule has 4 nitrogen and oxygen atoms in total. The average Bonchev–Trinajstić information content (AvgIpc) is 2.83. The second-order valence-electron chi connectivity index (χ2n) is 3.93. The lowest BCUT2D eigenvalue weighted by atomic mass is 10.1. The molecular weight excluding hydrogens is 280 g/mol. The number of sulfonamides is 1. The molecule has 1 aliphatic rings. The number of halogens is 1. The smallest absolute Gasteiger partial charge is 0.252 e. The van der Waals surface area contributed by atoms with E-state index in [9.17, 15) is 8.42 Å². The summed E-state index contributed by atoms with van der Waals surface area (Å²) in [6.07, 6.45) is 2.88. The minimum Gasteiger partial charge on any atom is -0.329 e. The van der Waals surface area contributed by atoms with E-state index >= 15 is 0 Å². The molecule has 1 aliphatic heterocycles. The van der Waals surface area contributed by atoms with E-state index in [4.69, 9.17) is 5.73 Å². The van der Waals surface area contributed by atoms with Crippen molar-refractivity contribution in [2.24, 2.45) is 5.73 Å². The molecule has 0 radical (unpaired) electrons. The van der Waals surface area contributed by atoms with Gasteiger partial charge in [0.2, 0.25) is 0 Å². The van der Waals surface area contributed by atoms with Crippen LogP contribution in [0.4, 0.5) is 0 Å². The first kappa shape index (κ1) is 14.9. The lowest BCUT2D eigenvalue weighted by molar-refractivity contribution is 0.258. The number of thiophene rings is 1. The van der Waals surface area contributed by atoms with Gasteiger partial charge in [-0.2, -0.15) is 4.31 Å². The molecule has 2 rings (SSSR count). The van der Waals surface area contributed by atoms with Crippen molar-refractivity contribution in [3.05, 3.63) is 17.5 Å². The Kier molecular flexibility index (Phi) is 5.40. The molecule has 0 spiro atoms. The molecule has 2 N–H and O–H groups in total. The van der Waals surface area contributed by atoms with Gasteiger partial charge < -0.3 is 5.73 Å². The van der Waals surface area contributed by atoms with Gasteiger partial charge in [0.05, 0.1) is 0 Å². The molecule has 1 aromatic rings. The summed E-state index contributed by atoms with van der Waals surface area (Å²) >= 11 is 1.27. The summed E-state index contributed by atoms with van der Waals surface area (Å²) in [6.45, 7) is 1.01. The molecule has 1 aromatic heterocycles. The van der Waals surface area contributed by atoms with Crippen molar-refractivity contribution in [1.82, 2.24) is 4.31 Å². The predicted molar refractivity (Wildman–Crippen MR) is 72.2 cm³/mol. The van der Waals surface area contributed by atoms with Crippen LogP contribution in [0.3, 0.4) is 0 Å². The molecule has 7 heteroatoms. The van der Waals surface area contributed by atoms with Gasteiger partial charge in [-0.15, -0.1) is 23.7 Å². The third-order valence-electron chi connectivity index (χ3n) is 2.90. The maximum Gasteiger partial charge on any atom is 0.252 e. The largest absolute Gasteiger partial charge is 0.329 e. The van der Waals surface area contributed by atoms with Crippen LogP contribution in [0.1, 0.15) is 19.3 Å². The lowest BCUT2D eigenvalue weighted by Gasteiger charge is -2.33. The summed E-state index contributed by atoms with van der Waals surface area (Å²) in [5.74, 6) is 0. The van der Waals surface area contributed by atoms with Gasteiger partial charge in [0.25, 0.3) is 10.0 Å². The third-order valence-corrected chi connectivity index (χ3v) is 6.23. The SMILES string of the molecule is Cl.NCC1CCCCN1S(=O)(=O)c1cccs1. The molecule has 1 saturated heterocycles. The van der Waals surface area contributed by atoms with Crippen molar-refractivity contribution < 1.29 is 8.42 Å². The number of nitrogens with zero attached hydrogens (tertiary/aromatic N) is 1. The minimum absolute atomic E-state index is 0. The van der Waals surface area contributed by atoms with Gasteiger partial charge in [-0.3, -0.25) is 0 Å². The Morgan fingerprint density at radius 1 is 1.47 bits per heavy atom. The fourth-order valence-electron chi connectivity index (χ4n) is 2.05. The van der Waals surface area contributed by atoms with E-state index in [-0.39, 0.29) is 18.4 Å². The quantitative estimate of drug-likeness (QED) is 0.923. The second-order valence-corrected chi connectivity index (χ2v) is 7.00. The summed E-state index contributed by atoms with van der Waals surface area (Å²) < 4.78 is 26.6. The summed E-state index contributed by atoms with van der Waals surface area (Å²) in [7, 11) is -3.31. The Balaban J connectivity index is 0.00000144. The van der Waals surface area contributed by atoms with Crippen molar-refractivity contribution in [3.8, 4) is 0 Å². The molecule has 0 saturated carbocycles. The number of hydrogen-bond acceptors (Lipinski definition) is 4. The van der Waals surface area contributed by atoms with E-state index in [2.05, 4.69) is 0 Å². The molecule has 98 valence electrons. The highest BCUT2D eigenvalue weighted by atomic mass is 35.5. The predicted octanol–water partition coefficient (Wildman–Crippen LogP) is 1.67. The van der Waals surface area contributed by atoms with Crippen molar-refractivity contribution in [1.29, 1.82) is 0 Å². The summed E-state index contributed by atoms with van der Waals surface area (Å²) in [6, 6.07) is 3.39. The van der Waals surface area contributed by atoms with Crippen LogP contribution in [0, 0.1) is 0 Å². The minimum atomic E-state index is -3.31. The number of nitrogens with two attached hydrogens (primary N) is 1. The Morgan fingerprint density at radius 3 is 2.82 bits per heavy atom. The first-order valence-electron chi connectivity index (χ1n) is 5.41. The molecule has 1 atom stereocenters. The Hall–Kier alpha value is -0.140. The Bertz CT molecular complexity index is 433. The molecule has 1 unspecified atom stereocenters. The highest BCUT2D eigenvalue weighted by Gasteiger charge is 2.33. The van der Waals surface area contributed by atoms with E-state index in [1.54, 1.807) is 21.8 Å². The first-order chi connectivity index (χ1) is 7.66. The fraction of sp³-hybridized carbons (Fsp3) is 0.600. The number of piperidine rings is 1. The molecule has 1 fully saturated rings. The van der Waals surface area contributed by atoms with Crippen LogP contribution in [0.2, 0.25) is 0 Å². The summed E-state index contributed by atoms with van der Waals surface area (Å²) in [5, 5.41) is 1.79. The molecule has 0 bridgehead atoms. The van der Waals surface area contributed by atoms with Gasteiger partial charge in [0, 0.05) is 19.1 Å². The maximum absolute atomic E-state index is 12.3. The summed E-state index contributed by atoms with van der Waals surface area (Å²) in [4.78, 5) is 0. The molecule has 0 aromatic carbocycles. The highest BCUT2D eigenvalue weighted by molar-refractivity contribution is 7.91. The Labute approximate surface area is 112 Å². The zero-order chi connectivity index (χ0) is 11.6. The Morgan fingerprint density at radius 2 is 2.24 bits per heavy atom. The standard InChI is InChI=1S/C10H16N2O2S2.ClH/c11-8-9-4-1-2-6-12(9)16(13,14)10-5-3-7-15-10;/h3,5,7,9H,1-2,4,6,8,11H2;1H. The lowest BCUT2D eigenvalue weighted by Crippen LogP contribution is -2.47. The van der Waals surface area contributed by atoms with Crippen molar-refractivity contribution >= 4 is 33.8 Å². The van der Waals surface area contributed by atoms with Crippen molar-refractivity contribution in [2.75, 3.05) is 13.1 Å². The van der Waals surface area contributed by atoms with Crippen LogP contribution in [0.15, 0.2) is 21.7 Å². The zero-order valence-electron chi connectivity index (χ0n) is 9.41.